The van der Waals surface area contributed by atoms with E-state index in [1.54, 1.807) is 12.1 Å². The third-order valence-electron chi connectivity index (χ3n) is 2.84. The molecule has 112 valence electrons. The number of nitrogens with two attached hydrogens (primary N) is 1. The molecule has 0 radical (unpaired) electrons. The standard InChI is InChI=1S/C16H18F2N2O/c1-10(2)21-16-8-15(14(19)7-13(16)18)20-9-11-4-3-5-12(17)6-11/h3-8,10,20H,9,19H2,1-2H3. The first-order chi connectivity index (χ1) is 9.95. The van der Waals surface area contributed by atoms with Crippen LogP contribution in [0.2, 0.25) is 0 Å². The van der Waals surface area contributed by atoms with Gasteiger partial charge in [-0.15, -0.1) is 0 Å². The van der Waals surface area contributed by atoms with E-state index in [1.807, 2.05) is 13.8 Å². The minimum atomic E-state index is -0.502. The van der Waals surface area contributed by atoms with E-state index >= 15 is 0 Å². The summed E-state index contributed by atoms with van der Waals surface area (Å²) in [5, 5.41) is 3.06. The number of ether oxygens (including phenoxy) is 1. The second-order valence-corrected chi connectivity index (χ2v) is 5.02. The number of benzene rings is 2. The highest BCUT2D eigenvalue weighted by atomic mass is 19.1. The first-order valence-electron chi connectivity index (χ1n) is 6.69. The van der Waals surface area contributed by atoms with Crippen LogP contribution in [-0.2, 0) is 6.54 Å². The Morgan fingerprint density at radius 3 is 2.62 bits per heavy atom. The summed E-state index contributed by atoms with van der Waals surface area (Å²) in [7, 11) is 0. The lowest BCUT2D eigenvalue weighted by atomic mass is 10.2. The molecule has 3 N–H and O–H groups in total. The molecule has 0 saturated carbocycles. The van der Waals surface area contributed by atoms with E-state index in [-0.39, 0.29) is 23.4 Å². The van der Waals surface area contributed by atoms with E-state index in [0.29, 0.717) is 12.2 Å². The van der Waals surface area contributed by atoms with Crippen LogP contribution in [0, 0.1) is 11.6 Å². The Morgan fingerprint density at radius 1 is 1.19 bits per heavy atom. The minimum Gasteiger partial charge on any atom is -0.488 e. The van der Waals surface area contributed by atoms with Crippen molar-refractivity contribution in [2.75, 3.05) is 11.1 Å². The van der Waals surface area contributed by atoms with E-state index in [1.165, 1.54) is 24.3 Å². The molecule has 0 amide bonds. The largest absolute Gasteiger partial charge is 0.488 e. The summed E-state index contributed by atoms with van der Waals surface area (Å²) in [5.74, 6) is -0.663. The maximum absolute atomic E-state index is 13.7. The van der Waals surface area contributed by atoms with E-state index in [9.17, 15) is 8.78 Å². The Labute approximate surface area is 122 Å². The van der Waals surface area contributed by atoms with Gasteiger partial charge < -0.3 is 15.8 Å². The monoisotopic (exact) mass is 292 g/mol. The fraction of sp³-hybridized carbons (Fsp3) is 0.250. The Hall–Kier alpha value is -2.30. The summed E-state index contributed by atoms with van der Waals surface area (Å²) in [6.07, 6.45) is -0.140. The number of rotatable bonds is 5. The van der Waals surface area contributed by atoms with Crippen LogP contribution in [-0.4, -0.2) is 6.10 Å². The Balaban J connectivity index is 2.15. The molecule has 5 heteroatoms. The zero-order valence-corrected chi connectivity index (χ0v) is 12.0. The highest BCUT2D eigenvalue weighted by molar-refractivity contribution is 5.68. The van der Waals surface area contributed by atoms with Crippen LogP contribution in [0.3, 0.4) is 0 Å². The van der Waals surface area contributed by atoms with Crippen LogP contribution < -0.4 is 15.8 Å². The summed E-state index contributed by atoms with van der Waals surface area (Å²) in [5.41, 5.74) is 7.38. The van der Waals surface area contributed by atoms with Crippen molar-refractivity contribution in [3.05, 3.63) is 53.6 Å². The molecule has 0 heterocycles. The zero-order chi connectivity index (χ0) is 15.4. The quantitative estimate of drug-likeness (QED) is 0.820. The Bertz CT molecular complexity index is 630. The fourth-order valence-electron chi connectivity index (χ4n) is 1.91. The van der Waals surface area contributed by atoms with Gasteiger partial charge in [0, 0.05) is 18.7 Å². The zero-order valence-electron chi connectivity index (χ0n) is 12.0. The van der Waals surface area contributed by atoms with Gasteiger partial charge >= 0.3 is 0 Å². The lowest BCUT2D eigenvalue weighted by molar-refractivity contribution is 0.231. The number of hydrogen-bond acceptors (Lipinski definition) is 3. The lowest BCUT2D eigenvalue weighted by Gasteiger charge is -2.15. The van der Waals surface area contributed by atoms with E-state index in [4.69, 9.17) is 10.5 Å². The van der Waals surface area contributed by atoms with Gasteiger partial charge in [-0.25, -0.2) is 8.78 Å². The highest BCUT2D eigenvalue weighted by Crippen LogP contribution is 2.29. The molecule has 2 aromatic rings. The van der Waals surface area contributed by atoms with Gasteiger partial charge in [-0.05, 0) is 31.5 Å². The third kappa shape index (κ3) is 4.08. The minimum absolute atomic E-state index is 0.140. The van der Waals surface area contributed by atoms with Crippen LogP contribution in [0.5, 0.6) is 5.75 Å². The predicted octanol–water partition coefficient (Wildman–Crippen LogP) is 3.95. The maximum atomic E-state index is 13.7. The maximum Gasteiger partial charge on any atom is 0.167 e. The average Bonchev–Trinajstić information content (AvgIpc) is 2.40. The average molecular weight is 292 g/mol. The number of halogens is 2. The number of anilines is 2. The molecule has 0 fully saturated rings. The van der Waals surface area contributed by atoms with Crippen LogP contribution in [0.4, 0.5) is 20.2 Å². The summed E-state index contributed by atoms with van der Waals surface area (Å²) in [6, 6.07) is 8.97. The van der Waals surface area contributed by atoms with Gasteiger partial charge in [-0.3, -0.25) is 0 Å². The van der Waals surface area contributed by atoms with Crippen molar-refractivity contribution in [2.24, 2.45) is 0 Å². The molecule has 0 aliphatic heterocycles. The summed E-state index contributed by atoms with van der Waals surface area (Å²) in [4.78, 5) is 0. The van der Waals surface area contributed by atoms with Crippen LogP contribution in [0.1, 0.15) is 19.4 Å². The van der Waals surface area contributed by atoms with Gasteiger partial charge in [0.1, 0.15) is 5.82 Å². The Morgan fingerprint density at radius 2 is 1.95 bits per heavy atom. The van der Waals surface area contributed by atoms with Gasteiger partial charge in [0.2, 0.25) is 0 Å². The van der Waals surface area contributed by atoms with Gasteiger partial charge in [0.15, 0.2) is 11.6 Å². The molecule has 0 saturated heterocycles. The van der Waals surface area contributed by atoms with Crippen molar-refractivity contribution in [2.45, 2.75) is 26.5 Å². The number of nitrogens with one attached hydrogen (secondary N) is 1. The normalized spacial score (nSPS) is 10.7. The summed E-state index contributed by atoms with van der Waals surface area (Å²) < 4.78 is 32.2. The van der Waals surface area contributed by atoms with Crippen molar-refractivity contribution in [1.82, 2.24) is 0 Å². The van der Waals surface area contributed by atoms with Gasteiger partial charge in [-0.2, -0.15) is 0 Å². The van der Waals surface area contributed by atoms with Crippen LogP contribution >= 0.6 is 0 Å². The van der Waals surface area contributed by atoms with Crippen molar-refractivity contribution < 1.29 is 13.5 Å². The smallest absolute Gasteiger partial charge is 0.167 e. The highest BCUT2D eigenvalue weighted by Gasteiger charge is 2.10. The second kappa shape index (κ2) is 6.43. The summed E-state index contributed by atoms with van der Waals surface area (Å²) >= 11 is 0. The molecule has 2 rings (SSSR count). The molecule has 0 aliphatic rings. The fourth-order valence-corrected chi connectivity index (χ4v) is 1.91. The first kappa shape index (κ1) is 15.1. The van der Waals surface area contributed by atoms with E-state index < -0.39 is 5.82 Å². The molecule has 2 aromatic carbocycles. The molecule has 0 spiro atoms. The predicted molar refractivity (Wildman–Crippen MR) is 80.3 cm³/mol. The molecule has 0 bridgehead atoms. The first-order valence-corrected chi connectivity index (χ1v) is 6.69. The van der Waals surface area contributed by atoms with Crippen LogP contribution in [0.25, 0.3) is 0 Å². The lowest BCUT2D eigenvalue weighted by Crippen LogP contribution is -2.09. The van der Waals surface area contributed by atoms with Gasteiger partial charge in [0.05, 0.1) is 17.5 Å². The summed E-state index contributed by atoms with van der Waals surface area (Å²) in [6.45, 7) is 4.01. The molecule has 0 atom stereocenters. The van der Waals surface area contributed by atoms with E-state index in [2.05, 4.69) is 5.32 Å². The molecule has 3 nitrogen and oxygen atoms in total. The Kier molecular flexibility index (Phi) is 4.62. The van der Waals surface area contributed by atoms with Crippen molar-refractivity contribution >= 4 is 11.4 Å². The molecule has 0 aromatic heterocycles. The topological polar surface area (TPSA) is 47.3 Å². The van der Waals surface area contributed by atoms with Crippen molar-refractivity contribution in [3.8, 4) is 5.75 Å². The SMILES string of the molecule is CC(C)Oc1cc(NCc2cccc(F)c2)c(N)cc1F. The van der Waals surface area contributed by atoms with Crippen LogP contribution in [0.15, 0.2) is 36.4 Å². The molecule has 0 aliphatic carbocycles. The third-order valence-corrected chi connectivity index (χ3v) is 2.84. The van der Waals surface area contributed by atoms with Crippen molar-refractivity contribution in [1.29, 1.82) is 0 Å². The van der Waals surface area contributed by atoms with Crippen molar-refractivity contribution in [3.63, 3.8) is 0 Å². The van der Waals surface area contributed by atoms with Gasteiger partial charge in [-0.1, -0.05) is 12.1 Å². The number of nitrogen functional groups attached to an aromatic ring is 1. The second-order valence-electron chi connectivity index (χ2n) is 5.02. The molecular weight excluding hydrogens is 274 g/mol. The van der Waals surface area contributed by atoms with Gasteiger partial charge in [0.25, 0.3) is 0 Å². The van der Waals surface area contributed by atoms with E-state index in [0.717, 1.165) is 5.56 Å². The number of hydrogen-bond donors (Lipinski definition) is 2. The molecule has 0 unspecified atom stereocenters. The molecular formula is C16H18F2N2O. The molecule has 21 heavy (non-hydrogen) atoms.